The van der Waals surface area contributed by atoms with Crippen LogP contribution in [0.3, 0.4) is 0 Å². The zero-order chi connectivity index (χ0) is 18.8. The SMILES string of the molecule is CCC(C)(C1=[C]([Zr+2][C]2=C(C(C)(CC)C(C)C)C=CC2)CC=C1)C(C)C.[Cl-].[Cl-]. The van der Waals surface area contributed by atoms with Crippen molar-refractivity contribution in [1.29, 1.82) is 0 Å². The third kappa shape index (κ3) is 5.32. The van der Waals surface area contributed by atoms with Gasteiger partial charge in [-0.15, -0.1) is 0 Å². The van der Waals surface area contributed by atoms with Crippen LogP contribution >= 0.6 is 0 Å². The standard InChI is InChI=1S/2C12H19.2ClH.Zr/c2*1-5-12(4,10(2)3)11-8-6-7-9-11;;;/h2*6,8,10H,5,7H2,1-4H3;2*1H;/q;;;;+2/p-2. The van der Waals surface area contributed by atoms with Crippen LogP contribution in [0.15, 0.2) is 42.0 Å². The van der Waals surface area contributed by atoms with Crippen molar-refractivity contribution in [2.24, 2.45) is 22.7 Å². The van der Waals surface area contributed by atoms with Gasteiger partial charge in [-0.05, 0) is 0 Å². The van der Waals surface area contributed by atoms with Gasteiger partial charge in [0.2, 0.25) is 0 Å². The Labute approximate surface area is 192 Å². The molecule has 0 saturated carbocycles. The minimum absolute atomic E-state index is 0. The summed E-state index contributed by atoms with van der Waals surface area (Å²) in [5.41, 5.74) is 4.11. The van der Waals surface area contributed by atoms with E-state index in [2.05, 4.69) is 79.7 Å². The number of hydrogen-bond acceptors (Lipinski definition) is 0. The Bertz CT molecular complexity index is 570. The van der Waals surface area contributed by atoms with E-state index in [0.717, 1.165) is 0 Å². The molecule has 0 radical (unpaired) electrons. The largest absolute Gasteiger partial charge is 1.00 e. The van der Waals surface area contributed by atoms with Gasteiger partial charge in [0, 0.05) is 0 Å². The van der Waals surface area contributed by atoms with Crippen molar-refractivity contribution in [1.82, 2.24) is 0 Å². The third-order valence-electron chi connectivity index (χ3n) is 7.41. The number of halogens is 2. The van der Waals surface area contributed by atoms with Crippen LogP contribution in [0.2, 0.25) is 0 Å². The maximum atomic E-state index is 2.49. The van der Waals surface area contributed by atoms with Crippen LogP contribution in [0, 0.1) is 22.7 Å². The number of allylic oxidation sites excluding steroid dienone is 8. The first-order valence-corrected chi connectivity index (χ1v) is 12.7. The van der Waals surface area contributed by atoms with Gasteiger partial charge in [0.1, 0.15) is 0 Å². The molecule has 0 aromatic carbocycles. The van der Waals surface area contributed by atoms with Gasteiger partial charge < -0.3 is 24.8 Å². The van der Waals surface area contributed by atoms with Crippen molar-refractivity contribution in [3.05, 3.63) is 42.0 Å². The second-order valence-electron chi connectivity index (χ2n) is 8.97. The molecule has 2 aliphatic rings. The zero-order valence-electron chi connectivity index (χ0n) is 18.5. The van der Waals surface area contributed by atoms with Crippen molar-refractivity contribution in [3.8, 4) is 0 Å². The minimum atomic E-state index is -0.678. The zero-order valence-corrected chi connectivity index (χ0v) is 22.5. The van der Waals surface area contributed by atoms with Gasteiger partial charge in [0.05, 0.1) is 0 Å². The van der Waals surface area contributed by atoms with E-state index >= 15 is 0 Å². The van der Waals surface area contributed by atoms with Gasteiger partial charge in [-0.25, -0.2) is 0 Å². The first-order chi connectivity index (χ1) is 11.7. The molecule has 3 heteroatoms. The molecule has 0 saturated heterocycles. The van der Waals surface area contributed by atoms with Crippen molar-refractivity contribution < 1.29 is 48.0 Å². The molecular weight excluding hydrogens is 450 g/mol. The molecule has 2 aliphatic carbocycles. The predicted molar refractivity (Wildman–Crippen MR) is 108 cm³/mol. The number of hydrogen-bond donors (Lipinski definition) is 0. The molecule has 0 N–H and O–H groups in total. The molecule has 0 aromatic heterocycles. The first kappa shape index (κ1) is 27.4. The topological polar surface area (TPSA) is 0 Å². The molecule has 2 atom stereocenters. The summed E-state index contributed by atoms with van der Waals surface area (Å²) in [6.45, 7) is 19.3. The molecule has 0 bridgehead atoms. The summed E-state index contributed by atoms with van der Waals surface area (Å²) >= 11 is -0.678. The summed E-state index contributed by atoms with van der Waals surface area (Å²) in [5.74, 6) is 1.41. The molecule has 0 aromatic rings. The van der Waals surface area contributed by atoms with E-state index in [1.807, 2.05) is 6.56 Å². The van der Waals surface area contributed by atoms with Crippen LogP contribution in [0.25, 0.3) is 0 Å². The van der Waals surface area contributed by atoms with E-state index in [9.17, 15) is 0 Å². The molecule has 152 valence electrons. The predicted octanol–water partition coefficient (Wildman–Crippen LogP) is 1.65. The van der Waals surface area contributed by atoms with Crippen molar-refractivity contribution in [2.45, 2.75) is 81.1 Å². The van der Waals surface area contributed by atoms with Crippen LogP contribution < -0.4 is 24.8 Å². The minimum Gasteiger partial charge on any atom is -1.00 e. The van der Waals surface area contributed by atoms with Crippen LogP contribution in [0.5, 0.6) is 0 Å². The maximum Gasteiger partial charge on any atom is -1.00 e. The average molecular weight is 489 g/mol. The number of rotatable bonds is 8. The van der Waals surface area contributed by atoms with E-state index < -0.39 is 23.2 Å². The van der Waals surface area contributed by atoms with E-state index in [1.165, 1.54) is 25.7 Å². The molecule has 0 aliphatic heterocycles. The Morgan fingerprint density at radius 3 is 1.37 bits per heavy atom. The molecule has 0 amide bonds. The molecule has 0 heterocycles. The molecule has 0 spiro atoms. The van der Waals surface area contributed by atoms with Gasteiger partial charge in [-0.3, -0.25) is 0 Å². The molecule has 27 heavy (non-hydrogen) atoms. The van der Waals surface area contributed by atoms with Gasteiger partial charge in [-0.2, -0.15) is 0 Å². The fourth-order valence-electron chi connectivity index (χ4n) is 4.32. The summed E-state index contributed by atoms with van der Waals surface area (Å²) in [6, 6.07) is 0. The molecule has 0 nitrogen and oxygen atoms in total. The Balaban J connectivity index is 0.00000338. The van der Waals surface area contributed by atoms with Crippen molar-refractivity contribution in [3.63, 3.8) is 0 Å². The maximum absolute atomic E-state index is 2.49. The van der Waals surface area contributed by atoms with Gasteiger partial charge >= 0.3 is 169 Å². The van der Waals surface area contributed by atoms with Gasteiger partial charge in [-0.1, -0.05) is 0 Å². The average Bonchev–Trinajstić information content (AvgIpc) is 3.23. The second kappa shape index (κ2) is 11.0. The fraction of sp³-hybridized carbons (Fsp3) is 0.667. The second-order valence-corrected chi connectivity index (χ2v) is 12.6. The Hall–Kier alpha value is 0.423. The van der Waals surface area contributed by atoms with Gasteiger partial charge in [0.15, 0.2) is 0 Å². The Kier molecular flexibility index (Phi) is 11.2. The Morgan fingerprint density at radius 1 is 0.778 bits per heavy atom. The Morgan fingerprint density at radius 2 is 1.11 bits per heavy atom. The van der Waals surface area contributed by atoms with Crippen LogP contribution in [0.4, 0.5) is 0 Å². The van der Waals surface area contributed by atoms with Crippen LogP contribution in [-0.4, -0.2) is 0 Å². The van der Waals surface area contributed by atoms with E-state index in [1.54, 1.807) is 11.1 Å². The van der Waals surface area contributed by atoms with E-state index in [-0.39, 0.29) is 24.8 Å². The van der Waals surface area contributed by atoms with Crippen molar-refractivity contribution >= 4 is 0 Å². The molecule has 2 rings (SSSR count). The fourth-order valence-corrected chi connectivity index (χ4v) is 8.77. The van der Waals surface area contributed by atoms with Crippen molar-refractivity contribution in [2.75, 3.05) is 0 Å². The van der Waals surface area contributed by atoms with Gasteiger partial charge in [0.25, 0.3) is 0 Å². The third-order valence-corrected chi connectivity index (χ3v) is 11.2. The van der Waals surface area contributed by atoms with E-state index in [0.29, 0.717) is 22.7 Å². The molecule has 0 fully saturated rings. The van der Waals surface area contributed by atoms with Crippen LogP contribution in [-0.2, 0) is 23.2 Å². The monoisotopic (exact) mass is 486 g/mol. The summed E-state index contributed by atoms with van der Waals surface area (Å²) in [6.07, 6.45) is 14.8. The quantitative estimate of drug-likeness (QED) is 0.488. The molecule has 2 unspecified atom stereocenters. The smallest absolute Gasteiger partial charge is 1.00 e. The summed E-state index contributed by atoms with van der Waals surface area (Å²) in [5, 5.41) is 0. The summed E-state index contributed by atoms with van der Waals surface area (Å²) in [4.78, 5) is 0. The normalized spacial score (nSPS) is 20.5. The summed E-state index contributed by atoms with van der Waals surface area (Å²) < 4.78 is 3.69. The van der Waals surface area contributed by atoms with E-state index in [4.69, 9.17) is 0 Å². The molecular formula is C24H38Cl2Zr. The first-order valence-electron chi connectivity index (χ1n) is 10.3. The summed E-state index contributed by atoms with van der Waals surface area (Å²) in [7, 11) is 0. The van der Waals surface area contributed by atoms with Crippen LogP contribution in [0.1, 0.15) is 81.1 Å².